The van der Waals surface area contributed by atoms with E-state index in [1.54, 1.807) is 35.2 Å². The molecule has 2 saturated heterocycles. The van der Waals surface area contributed by atoms with Crippen LogP contribution in [0.1, 0.15) is 5.56 Å². The molecule has 2 heterocycles. The number of morpholine rings is 1. The summed E-state index contributed by atoms with van der Waals surface area (Å²) in [5, 5.41) is 12.7. The lowest BCUT2D eigenvalue weighted by molar-refractivity contribution is -0.385. The summed E-state index contributed by atoms with van der Waals surface area (Å²) in [6.45, 7) is 1.39. The van der Waals surface area contributed by atoms with Crippen molar-refractivity contribution in [2.75, 3.05) is 37.9 Å². The molecule has 0 aromatic heterocycles. The fraction of sp³-hybridized carbons (Fsp3) is 0.227. The van der Waals surface area contributed by atoms with Gasteiger partial charge >= 0.3 is 5.69 Å². The van der Waals surface area contributed by atoms with Gasteiger partial charge in [0.1, 0.15) is 5.57 Å². The summed E-state index contributed by atoms with van der Waals surface area (Å²) in [6, 6.07) is 12.5. The van der Waals surface area contributed by atoms with Gasteiger partial charge in [-0.1, -0.05) is 24.3 Å². The summed E-state index contributed by atoms with van der Waals surface area (Å²) in [4.78, 5) is 49.8. The van der Waals surface area contributed by atoms with Crippen LogP contribution in [-0.4, -0.2) is 60.5 Å². The van der Waals surface area contributed by atoms with Crippen molar-refractivity contribution < 1.29 is 28.8 Å². The zero-order chi connectivity index (χ0) is 23.4. The van der Waals surface area contributed by atoms with E-state index in [9.17, 15) is 24.5 Å². The lowest BCUT2D eigenvalue weighted by atomic mass is 10.1. The molecule has 0 saturated carbocycles. The Balaban J connectivity index is 1.52. The van der Waals surface area contributed by atoms with Crippen molar-refractivity contribution in [2.24, 2.45) is 0 Å². The summed E-state index contributed by atoms with van der Waals surface area (Å²) >= 11 is 0. The first-order chi connectivity index (χ1) is 15.9. The molecule has 2 aromatic rings. The van der Waals surface area contributed by atoms with E-state index < -0.39 is 16.7 Å². The Labute approximate surface area is 188 Å². The molecule has 0 bridgehead atoms. The number of anilines is 1. The molecule has 2 aliphatic rings. The molecule has 170 valence electrons. The van der Waals surface area contributed by atoms with Crippen LogP contribution in [0.5, 0.6) is 5.75 Å². The molecule has 4 rings (SSSR count). The first-order valence-electron chi connectivity index (χ1n) is 10.1. The van der Waals surface area contributed by atoms with E-state index in [0.717, 1.165) is 5.01 Å². The van der Waals surface area contributed by atoms with E-state index in [1.165, 1.54) is 24.3 Å². The molecule has 0 atom stereocenters. The third kappa shape index (κ3) is 4.83. The van der Waals surface area contributed by atoms with Crippen molar-refractivity contribution in [1.82, 2.24) is 10.3 Å². The van der Waals surface area contributed by atoms with Gasteiger partial charge in [0.2, 0.25) is 0 Å². The van der Waals surface area contributed by atoms with Gasteiger partial charge in [-0.05, 0) is 29.8 Å². The topological polar surface area (TPSA) is 131 Å². The Morgan fingerprint density at radius 3 is 2.58 bits per heavy atom. The van der Waals surface area contributed by atoms with Gasteiger partial charge in [-0.2, -0.15) is 0 Å². The second kappa shape index (κ2) is 9.49. The Kier molecular flexibility index (Phi) is 6.31. The first kappa shape index (κ1) is 22.0. The van der Waals surface area contributed by atoms with Gasteiger partial charge in [0.05, 0.1) is 23.8 Å². The average molecular weight is 452 g/mol. The maximum atomic E-state index is 12.7. The van der Waals surface area contributed by atoms with Gasteiger partial charge in [-0.15, -0.1) is 0 Å². The van der Waals surface area contributed by atoms with Crippen molar-refractivity contribution >= 4 is 35.2 Å². The maximum absolute atomic E-state index is 12.7. The number of hydrazine groups is 1. The molecule has 0 radical (unpaired) electrons. The minimum Gasteiger partial charge on any atom is -0.477 e. The number of benzene rings is 2. The van der Waals surface area contributed by atoms with Crippen LogP contribution in [0.3, 0.4) is 0 Å². The van der Waals surface area contributed by atoms with Crippen molar-refractivity contribution in [3.8, 4) is 5.75 Å². The number of ether oxygens (including phenoxy) is 2. The van der Waals surface area contributed by atoms with E-state index >= 15 is 0 Å². The number of hydrogen-bond donors (Lipinski definition) is 1. The minimum absolute atomic E-state index is 0.0862. The Morgan fingerprint density at radius 2 is 1.88 bits per heavy atom. The van der Waals surface area contributed by atoms with Gasteiger partial charge < -0.3 is 14.4 Å². The number of para-hydroxylation sites is 1. The van der Waals surface area contributed by atoms with Gasteiger partial charge in [-0.25, -0.2) is 5.01 Å². The fourth-order valence-corrected chi connectivity index (χ4v) is 3.42. The fourth-order valence-electron chi connectivity index (χ4n) is 3.42. The Bertz CT molecular complexity index is 1130. The largest absolute Gasteiger partial charge is 0.477 e. The molecule has 0 unspecified atom stereocenters. The Hall–Kier alpha value is -4.25. The highest BCUT2D eigenvalue weighted by molar-refractivity contribution is 6.31. The maximum Gasteiger partial charge on any atom is 0.311 e. The standard InChI is InChI=1S/C22H20N4O7/c27-20(24-8-10-32-11-9-24)14-33-19-7-6-15(13-18(19)26(30)31)12-17-21(28)23-25(22(17)29)16-4-2-1-3-5-16/h1-7,12-13H,8-11,14H2,(H,23,28)/b17-12-. The summed E-state index contributed by atoms with van der Waals surface area (Å²) in [7, 11) is 0. The lowest BCUT2D eigenvalue weighted by Gasteiger charge is -2.26. The van der Waals surface area contributed by atoms with Gasteiger partial charge in [0.25, 0.3) is 17.7 Å². The summed E-state index contributed by atoms with van der Waals surface area (Å²) < 4.78 is 10.6. The number of hydrogen-bond acceptors (Lipinski definition) is 7. The molecule has 1 N–H and O–H groups in total. The van der Waals surface area contributed by atoms with Crippen molar-refractivity contribution in [2.45, 2.75) is 0 Å². The number of amides is 3. The minimum atomic E-state index is -0.649. The average Bonchev–Trinajstić information content (AvgIpc) is 3.12. The van der Waals surface area contributed by atoms with Gasteiger partial charge in [-0.3, -0.25) is 29.9 Å². The van der Waals surface area contributed by atoms with E-state index in [0.29, 0.717) is 32.0 Å². The highest BCUT2D eigenvalue weighted by Crippen LogP contribution is 2.30. The highest BCUT2D eigenvalue weighted by Gasteiger charge is 2.34. The summed E-state index contributed by atoms with van der Waals surface area (Å²) in [5.41, 5.74) is 2.67. The zero-order valence-corrected chi connectivity index (χ0v) is 17.4. The van der Waals surface area contributed by atoms with Gasteiger partial charge in [0, 0.05) is 19.2 Å². The number of carbonyl (C=O) groups excluding carboxylic acids is 3. The van der Waals surface area contributed by atoms with E-state index in [-0.39, 0.29) is 35.1 Å². The molecular formula is C22H20N4O7. The van der Waals surface area contributed by atoms with E-state index in [2.05, 4.69) is 5.43 Å². The molecule has 0 aliphatic carbocycles. The molecule has 2 aromatic carbocycles. The molecule has 11 nitrogen and oxygen atoms in total. The summed E-state index contributed by atoms with van der Waals surface area (Å²) in [5.74, 6) is -1.59. The predicted molar refractivity (Wildman–Crippen MR) is 116 cm³/mol. The molecule has 33 heavy (non-hydrogen) atoms. The number of nitro groups is 1. The van der Waals surface area contributed by atoms with Crippen LogP contribution in [-0.2, 0) is 19.1 Å². The number of nitro benzene ring substituents is 1. The van der Waals surface area contributed by atoms with Crippen molar-refractivity contribution in [3.63, 3.8) is 0 Å². The van der Waals surface area contributed by atoms with Crippen molar-refractivity contribution in [3.05, 3.63) is 69.8 Å². The Morgan fingerprint density at radius 1 is 1.15 bits per heavy atom. The predicted octanol–water partition coefficient (Wildman–Crippen LogP) is 1.29. The highest BCUT2D eigenvalue weighted by atomic mass is 16.6. The second-order valence-corrected chi connectivity index (χ2v) is 7.24. The number of carbonyl (C=O) groups is 3. The van der Waals surface area contributed by atoms with Crippen LogP contribution in [0.4, 0.5) is 11.4 Å². The monoisotopic (exact) mass is 452 g/mol. The van der Waals surface area contributed by atoms with Crippen LogP contribution >= 0.6 is 0 Å². The normalized spacial score (nSPS) is 17.3. The SMILES string of the molecule is O=C1NN(c2ccccc2)C(=O)/C1=C\c1ccc(OCC(=O)N2CCOCC2)c([N+](=O)[O-])c1. The molecule has 2 aliphatic heterocycles. The van der Waals surface area contributed by atoms with Crippen LogP contribution in [0.15, 0.2) is 54.1 Å². The van der Waals surface area contributed by atoms with Crippen LogP contribution < -0.4 is 15.2 Å². The second-order valence-electron chi connectivity index (χ2n) is 7.24. The number of nitrogens with one attached hydrogen (secondary N) is 1. The van der Waals surface area contributed by atoms with Gasteiger partial charge in [0.15, 0.2) is 12.4 Å². The number of rotatable bonds is 6. The van der Waals surface area contributed by atoms with E-state index in [4.69, 9.17) is 9.47 Å². The quantitative estimate of drug-likeness (QED) is 0.302. The van der Waals surface area contributed by atoms with E-state index in [1.807, 2.05) is 0 Å². The molecular weight excluding hydrogens is 432 g/mol. The van der Waals surface area contributed by atoms with Crippen LogP contribution in [0.25, 0.3) is 6.08 Å². The number of nitrogens with zero attached hydrogens (tertiary/aromatic N) is 3. The summed E-state index contributed by atoms with van der Waals surface area (Å²) in [6.07, 6.45) is 1.27. The first-order valence-corrected chi connectivity index (χ1v) is 10.1. The molecule has 2 fully saturated rings. The third-order valence-corrected chi connectivity index (χ3v) is 5.11. The third-order valence-electron chi connectivity index (χ3n) is 5.11. The smallest absolute Gasteiger partial charge is 0.311 e. The molecule has 3 amide bonds. The van der Waals surface area contributed by atoms with Crippen LogP contribution in [0, 0.1) is 10.1 Å². The van der Waals surface area contributed by atoms with Crippen molar-refractivity contribution in [1.29, 1.82) is 0 Å². The lowest BCUT2D eigenvalue weighted by Crippen LogP contribution is -2.43. The molecule has 0 spiro atoms. The van der Waals surface area contributed by atoms with Crippen LogP contribution in [0.2, 0.25) is 0 Å². The molecule has 11 heteroatoms. The zero-order valence-electron chi connectivity index (χ0n) is 17.4.